The summed E-state index contributed by atoms with van der Waals surface area (Å²) >= 11 is 1.56. The van der Waals surface area contributed by atoms with E-state index < -0.39 is 23.8 Å². The number of hydrogen-bond donors (Lipinski definition) is 1. The number of piperidine rings is 1. The zero-order valence-electron chi connectivity index (χ0n) is 41.0. The quantitative estimate of drug-likeness (QED) is 0.0842. The minimum atomic E-state index is -0.827. The summed E-state index contributed by atoms with van der Waals surface area (Å²) in [5, 5.41) is 8.02. The van der Waals surface area contributed by atoms with Crippen LogP contribution in [0.25, 0.3) is 22.0 Å². The zero-order valence-corrected chi connectivity index (χ0v) is 41.8. The molecule has 3 aliphatic rings. The summed E-state index contributed by atoms with van der Waals surface area (Å²) in [6.07, 6.45) is 7.24. The third-order valence-corrected chi connectivity index (χ3v) is 14.1. The number of benzene rings is 3. The predicted molar refractivity (Wildman–Crippen MR) is 265 cm³/mol. The smallest absolute Gasteiger partial charge is 0.410 e. The van der Waals surface area contributed by atoms with E-state index in [1.54, 1.807) is 51.0 Å². The molecule has 15 nitrogen and oxygen atoms in total. The molecule has 0 radical (unpaired) electrons. The van der Waals surface area contributed by atoms with Crippen LogP contribution in [0.2, 0.25) is 0 Å². The molecular formula is C53H71N5O10S. The van der Waals surface area contributed by atoms with Crippen LogP contribution in [0.15, 0.2) is 72.1 Å². The fourth-order valence-corrected chi connectivity index (χ4v) is 10.2. The molecule has 1 aromatic heterocycles. The van der Waals surface area contributed by atoms with Crippen molar-refractivity contribution in [2.75, 3.05) is 66.3 Å². The highest BCUT2D eigenvalue weighted by Crippen LogP contribution is 2.40. The van der Waals surface area contributed by atoms with E-state index in [1.165, 1.54) is 4.90 Å². The van der Waals surface area contributed by atoms with Crippen molar-refractivity contribution >= 4 is 46.1 Å². The van der Waals surface area contributed by atoms with Crippen LogP contribution < -0.4 is 10.1 Å². The first-order chi connectivity index (χ1) is 33.4. The molecule has 3 aromatic carbocycles. The van der Waals surface area contributed by atoms with Gasteiger partial charge in [0.05, 0.1) is 50.9 Å². The molecule has 16 heteroatoms. The molecule has 0 spiro atoms. The Morgan fingerprint density at radius 1 is 0.797 bits per heavy atom. The number of carbonyl (C=O) groups is 4. The molecule has 4 amide bonds. The number of ether oxygens (including phenoxy) is 6. The topological polar surface area (TPSA) is 158 Å². The Bertz CT molecular complexity index is 2290. The summed E-state index contributed by atoms with van der Waals surface area (Å²) in [5.41, 5.74) is 2.09. The Morgan fingerprint density at radius 2 is 1.48 bits per heavy atom. The standard InChI is InChI=1S/C53H71N5O10S/c1-37(56(5)51(61)68-53(2,3)4)48(59)55-47(39-17-10-7-11-18-39)50(60)58-26-14-21-45(58)49-54-44(36-69-49)42-22-23-46(43-20-13-12-19-41(42)43)66-34-32-64-30-29-63-31-33-65-40-24-27-57(28-25-40)52(62)67-35-38-15-8-6-9-16-38/h6,8-9,12-13,15-16,19-20,22-23,36-37,39-40,45,47H,7,10-11,14,17-18,21,24-35H2,1-5H3,(H,55,59)/t37?,45-,47?/m0/s1. The minimum absolute atomic E-state index is 0.0136. The molecule has 4 aromatic rings. The van der Waals surface area contributed by atoms with Crippen LogP contribution in [0.1, 0.15) is 102 Å². The van der Waals surface area contributed by atoms with Gasteiger partial charge in [-0.2, -0.15) is 0 Å². The van der Waals surface area contributed by atoms with Crippen LogP contribution in [-0.2, 0) is 39.9 Å². The first-order valence-electron chi connectivity index (χ1n) is 24.8. The summed E-state index contributed by atoms with van der Waals surface area (Å²) in [4.78, 5) is 63.7. The Labute approximate surface area is 411 Å². The van der Waals surface area contributed by atoms with Gasteiger partial charge in [-0.1, -0.05) is 73.9 Å². The van der Waals surface area contributed by atoms with Crippen LogP contribution in [0.5, 0.6) is 5.75 Å². The van der Waals surface area contributed by atoms with E-state index in [9.17, 15) is 19.2 Å². The van der Waals surface area contributed by atoms with Gasteiger partial charge in [-0.05, 0) is 95.2 Å². The van der Waals surface area contributed by atoms with Gasteiger partial charge in [0.2, 0.25) is 11.8 Å². The summed E-state index contributed by atoms with van der Waals surface area (Å²) in [6.45, 7) is 11.7. The number of nitrogens with one attached hydrogen (secondary N) is 1. The van der Waals surface area contributed by atoms with Crippen molar-refractivity contribution in [1.29, 1.82) is 0 Å². The number of fused-ring (bicyclic) bond motifs is 1. The van der Waals surface area contributed by atoms with Gasteiger partial charge < -0.3 is 43.5 Å². The van der Waals surface area contributed by atoms with Crippen molar-refractivity contribution in [3.05, 3.63) is 82.7 Å². The van der Waals surface area contributed by atoms with E-state index in [-0.39, 0.29) is 42.6 Å². The van der Waals surface area contributed by atoms with Crippen molar-refractivity contribution in [3.63, 3.8) is 0 Å². The Hall–Kier alpha value is -5.29. The number of amides is 4. The molecule has 3 heterocycles. The van der Waals surface area contributed by atoms with Gasteiger partial charge in [0.15, 0.2) is 0 Å². The molecule has 7 rings (SSSR count). The first kappa shape index (κ1) is 51.6. The molecule has 1 aliphatic carbocycles. The van der Waals surface area contributed by atoms with Crippen molar-refractivity contribution in [3.8, 4) is 17.0 Å². The SMILES string of the molecule is CC(C(=O)NC(C(=O)N1CCC[C@H]1c1nc(-c2ccc(OCCOCCOCCOC3CCN(C(=O)OCc4ccccc4)CC3)c3ccccc23)cs1)C1CCCCC1)N(C)C(=O)OC(C)(C)C. The molecule has 69 heavy (non-hydrogen) atoms. The molecule has 1 saturated carbocycles. The molecule has 0 bridgehead atoms. The number of likely N-dealkylation sites (tertiary alicyclic amines) is 2. The van der Waals surface area contributed by atoms with E-state index in [0.717, 1.165) is 96.1 Å². The van der Waals surface area contributed by atoms with Gasteiger partial charge in [-0.25, -0.2) is 14.6 Å². The van der Waals surface area contributed by atoms with Crippen LogP contribution in [0.3, 0.4) is 0 Å². The number of likely N-dealkylation sites (N-methyl/N-ethyl adjacent to an activating group) is 1. The Kier molecular flexibility index (Phi) is 18.7. The molecule has 3 fully saturated rings. The summed E-state index contributed by atoms with van der Waals surface area (Å²) in [5.74, 6) is 0.313. The van der Waals surface area contributed by atoms with Crippen LogP contribution in [0.4, 0.5) is 9.59 Å². The molecular weight excluding hydrogens is 899 g/mol. The lowest BCUT2D eigenvalue weighted by atomic mass is 9.83. The highest BCUT2D eigenvalue weighted by atomic mass is 32.1. The normalized spacial score (nSPS) is 17.9. The second-order valence-electron chi connectivity index (χ2n) is 19.2. The van der Waals surface area contributed by atoms with Crippen molar-refractivity contribution in [2.45, 2.75) is 122 Å². The average molecular weight is 970 g/mol. The maximum atomic E-state index is 14.6. The van der Waals surface area contributed by atoms with Gasteiger partial charge in [-0.15, -0.1) is 11.3 Å². The Morgan fingerprint density at radius 3 is 2.20 bits per heavy atom. The fourth-order valence-electron chi connectivity index (χ4n) is 9.26. The largest absolute Gasteiger partial charge is 0.491 e. The summed E-state index contributed by atoms with van der Waals surface area (Å²) < 4.78 is 34.8. The number of nitrogens with zero attached hydrogens (tertiary/aromatic N) is 4. The molecule has 374 valence electrons. The average Bonchev–Trinajstić information content (AvgIpc) is 4.06. The highest BCUT2D eigenvalue weighted by Gasteiger charge is 2.41. The highest BCUT2D eigenvalue weighted by molar-refractivity contribution is 7.10. The lowest BCUT2D eigenvalue weighted by Crippen LogP contribution is -2.56. The summed E-state index contributed by atoms with van der Waals surface area (Å²) in [7, 11) is 1.55. The lowest BCUT2D eigenvalue weighted by Gasteiger charge is -2.36. The first-order valence-corrected chi connectivity index (χ1v) is 25.6. The van der Waals surface area contributed by atoms with E-state index in [2.05, 4.69) is 16.8 Å². The molecule has 2 aliphatic heterocycles. The third-order valence-electron chi connectivity index (χ3n) is 13.2. The maximum Gasteiger partial charge on any atom is 0.410 e. The van der Waals surface area contributed by atoms with Crippen LogP contribution in [0, 0.1) is 5.92 Å². The third kappa shape index (κ3) is 14.4. The van der Waals surface area contributed by atoms with Crippen molar-refractivity contribution < 1.29 is 47.6 Å². The zero-order chi connectivity index (χ0) is 48.8. The molecule has 2 unspecified atom stereocenters. The van der Waals surface area contributed by atoms with Gasteiger partial charge in [0.25, 0.3) is 0 Å². The number of thiazole rings is 1. The van der Waals surface area contributed by atoms with Gasteiger partial charge >= 0.3 is 12.2 Å². The van der Waals surface area contributed by atoms with E-state index >= 15 is 0 Å². The number of hydrogen-bond acceptors (Lipinski definition) is 12. The molecule has 1 N–H and O–H groups in total. The molecule has 2 saturated heterocycles. The number of aromatic nitrogens is 1. The number of rotatable bonds is 20. The molecule has 3 atom stereocenters. The summed E-state index contributed by atoms with van der Waals surface area (Å²) in [6, 6.07) is 20.1. The maximum absolute atomic E-state index is 14.6. The second kappa shape index (κ2) is 25.0. The van der Waals surface area contributed by atoms with Crippen molar-refractivity contribution in [1.82, 2.24) is 25.0 Å². The minimum Gasteiger partial charge on any atom is -0.491 e. The monoisotopic (exact) mass is 969 g/mol. The fraction of sp³-hybridized carbons (Fsp3) is 0.566. The van der Waals surface area contributed by atoms with E-state index in [1.807, 2.05) is 65.6 Å². The lowest BCUT2D eigenvalue weighted by molar-refractivity contribution is -0.140. The second-order valence-corrected chi connectivity index (χ2v) is 20.1. The van der Waals surface area contributed by atoms with Gasteiger partial charge in [-0.3, -0.25) is 14.5 Å². The van der Waals surface area contributed by atoms with E-state index in [0.29, 0.717) is 59.3 Å². The van der Waals surface area contributed by atoms with Gasteiger partial charge in [0, 0.05) is 43.0 Å². The van der Waals surface area contributed by atoms with Crippen LogP contribution >= 0.6 is 11.3 Å². The van der Waals surface area contributed by atoms with Crippen molar-refractivity contribution in [2.24, 2.45) is 5.92 Å². The number of carbonyl (C=O) groups excluding carboxylic acids is 4. The Balaban J connectivity index is 0.853. The predicted octanol–water partition coefficient (Wildman–Crippen LogP) is 9.18. The van der Waals surface area contributed by atoms with Crippen LogP contribution in [-0.4, -0.2) is 134 Å². The van der Waals surface area contributed by atoms with E-state index in [4.69, 9.17) is 33.4 Å². The van der Waals surface area contributed by atoms with Gasteiger partial charge in [0.1, 0.15) is 41.7 Å².